The molecule has 1 aromatic rings. The van der Waals surface area contributed by atoms with Gasteiger partial charge < -0.3 is 20.3 Å². The van der Waals surface area contributed by atoms with E-state index in [0.29, 0.717) is 18.9 Å². The average molecular weight is 402 g/mol. The molecule has 2 heterocycles. The van der Waals surface area contributed by atoms with E-state index in [9.17, 15) is 4.79 Å². The second-order valence-electron chi connectivity index (χ2n) is 7.75. The number of carbonyl (C=O) groups is 1. The summed E-state index contributed by atoms with van der Waals surface area (Å²) in [6, 6.07) is 10.4. The highest BCUT2D eigenvalue weighted by molar-refractivity contribution is 5.80. The van der Waals surface area contributed by atoms with Crippen molar-refractivity contribution in [1.82, 2.24) is 20.4 Å². The fraction of sp³-hybridized carbons (Fsp3) is 0.636. The molecule has 1 unspecified atom stereocenters. The van der Waals surface area contributed by atoms with Gasteiger partial charge in [-0.3, -0.25) is 14.7 Å². The number of guanidine groups is 1. The molecule has 0 saturated carbocycles. The third-order valence-electron chi connectivity index (χ3n) is 5.48. The smallest absolute Gasteiger partial charge is 0.223 e. The summed E-state index contributed by atoms with van der Waals surface area (Å²) >= 11 is 0. The van der Waals surface area contributed by atoms with Crippen LogP contribution in [0.3, 0.4) is 0 Å². The second-order valence-corrected chi connectivity index (χ2v) is 7.75. The maximum absolute atomic E-state index is 12.4. The Hall–Kier alpha value is -2.12. The lowest BCUT2D eigenvalue weighted by Crippen LogP contribution is -2.44. The summed E-state index contributed by atoms with van der Waals surface area (Å²) in [6.45, 7) is 10.7. The van der Waals surface area contributed by atoms with Crippen molar-refractivity contribution in [2.75, 3.05) is 65.6 Å². The van der Waals surface area contributed by atoms with E-state index in [1.165, 1.54) is 5.56 Å². The maximum Gasteiger partial charge on any atom is 0.223 e. The fourth-order valence-corrected chi connectivity index (χ4v) is 3.82. The molecule has 1 aromatic carbocycles. The van der Waals surface area contributed by atoms with Crippen LogP contribution in [0.5, 0.6) is 0 Å². The van der Waals surface area contributed by atoms with Gasteiger partial charge in [0.15, 0.2) is 5.96 Å². The zero-order valence-corrected chi connectivity index (χ0v) is 17.6. The number of hydrogen-bond donors (Lipinski definition) is 2. The minimum absolute atomic E-state index is 0.256. The molecule has 7 nitrogen and oxygen atoms in total. The van der Waals surface area contributed by atoms with Gasteiger partial charge in [0, 0.05) is 64.7 Å². The third kappa shape index (κ3) is 7.33. The minimum atomic E-state index is 0.256. The largest absolute Gasteiger partial charge is 0.379 e. The average Bonchev–Trinajstić information content (AvgIpc) is 3.11. The molecule has 0 spiro atoms. The molecule has 7 heteroatoms. The van der Waals surface area contributed by atoms with Gasteiger partial charge in [-0.2, -0.15) is 0 Å². The lowest BCUT2D eigenvalue weighted by atomic mass is 10.1. The molecule has 1 amide bonds. The molecule has 0 aromatic heterocycles. The number of morpholine rings is 1. The van der Waals surface area contributed by atoms with E-state index >= 15 is 0 Å². The Kier molecular flexibility index (Phi) is 8.77. The Morgan fingerprint density at radius 3 is 2.72 bits per heavy atom. The fourth-order valence-electron chi connectivity index (χ4n) is 3.82. The number of ether oxygens (including phenoxy) is 1. The molecule has 0 bridgehead atoms. The lowest BCUT2D eigenvalue weighted by molar-refractivity contribution is -0.127. The monoisotopic (exact) mass is 401 g/mol. The first-order chi connectivity index (χ1) is 14.2. The second kappa shape index (κ2) is 11.8. The third-order valence-corrected chi connectivity index (χ3v) is 5.48. The van der Waals surface area contributed by atoms with Crippen molar-refractivity contribution in [2.45, 2.75) is 19.8 Å². The highest BCUT2D eigenvalue weighted by Gasteiger charge is 2.29. The maximum atomic E-state index is 12.4. The molecule has 2 aliphatic rings. The summed E-state index contributed by atoms with van der Waals surface area (Å²) in [4.78, 5) is 21.5. The van der Waals surface area contributed by atoms with E-state index in [0.717, 1.165) is 71.4 Å². The number of hydrogen-bond acceptors (Lipinski definition) is 4. The van der Waals surface area contributed by atoms with Crippen LogP contribution in [0.1, 0.15) is 18.9 Å². The molecular weight excluding hydrogens is 366 g/mol. The molecule has 2 N–H and O–H groups in total. The summed E-state index contributed by atoms with van der Waals surface area (Å²) < 4.78 is 5.39. The van der Waals surface area contributed by atoms with Gasteiger partial charge in [-0.1, -0.05) is 30.3 Å². The molecular formula is C22H35N5O2. The quantitative estimate of drug-likeness (QED) is 0.477. The van der Waals surface area contributed by atoms with E-state index in [-0.39, 0.29) is 5.91 Å². The Bertz CT molecular complexity index is 646. The van der Waals surface area contributed by atoms with E-state index in [1.54, 1.807) is 0 Å². The Morgan fingerprint density at radius 1 is 1.17 bits per heavy atom. The van der Waals surface area contributed by atoms with Crippen LogP contribution >= 0.6 is 0 Å². The van der Waals surface area contributed by atoms with Crippen molar-refractivity contribution in [3.63, 3.8) is 0 Å². The lowest BCUT2D eigenvalue weighted by Gasteiger charge is -2.26. The molecule has 2 saturated heterocycles. The number of amides is 1. The topological polar surface area (TPSA) is 69.2 Å². The van der Waals surface area contributed by atoms with Gasteiger partial charge in [0.1, 0.15) is 0 Å². The van der Waals surface area contributed by atoms with Crippen molar-refractivity contribution in [1.29, 1.82) is 0 Å². The predicted molar refractivity (Wildman–Crippen MR) is 116 cm³/mol. The van der Waals surface area contributed by atoms with Crippen LogP contribution in [0, 0.1) is 5.92 Å². The van der Waals surface area contributed by atoms with Crippen LogP contribution in [0.15, 0.2) is 35.3 Å². The molecule has 1 atom stereocenters. The minimum Gasteiger partial charge on any atom is -0.379 e. The van der Waals surface area contributed by atoms with Gasteiger partial charge in [-0.25, -0.2) is 0 Å². The van der Waals surface area contributed by atoms with Crippen molar-refractivity contribution in [3.8, 4) is 0 Å². The van der Waals surface area contributed by atoms with Gasteiger partial charge in [0.25, 0.3) is 0 Å². The Labute approximate surface area is 174 Å². The normalized spacial score (nSPS) is 20.9. The van der Waals surface area contributed by atoms with E-state index in [2.05, 4.69) is 34.6 Å². The summed E-state index contributed by atoms with van der Waals surface area (Å²) in [5.74, 6) is 1.40. The number of nitrogens with one attached hydrogen (secondary N) is 2. The van der Waals surface area contributed by atoms with Gasteiger partial charge in [0.2, 0.25) is 5.91 Å². The van der Waals surface area contributed by atoms with Crippen LogP contribution in [-0.2, 0) is 16.0 Å². The van der Waals surface area contributed by atoms with Crippen LogP contribution < -0.4 is 10.6 Å². The van der Waals surface area contributed by atoms with Gasteiger partial charge >= 0.3 is 0 Å². The number of carbonyl (C=O) groups excluding carboxylic acids is 1. The van der Waals surface area contributed by atoms with Crippen molar-refractivity contribution < 1.29 is 9.53 Å². The Morgan fingerprint density at radius 2 is 1.97 bits per heavy atom. The van der Waals surface area contributed by atoms with Crippen LogP contribution in [0.4, 0.5) is 0 Å². The number of benzene rings is 1. The zero-order valence-electron chi connectivity index (χ0n) is 17.6. The Balaban J connectivity index is 1.40. The standard InChI is InChI=1S/C22H35N5O2/c1-2-23-22(24-9-11-26-12-14-29-15-13-26)25-17-20-16-21(28)27(18-20)10-8-19-6-4-3-5-7-19/h3-7,20H,2,8-18H2,1H3,(H2,23,24,25). The number of aliphatic imine (C=N–C) groups is 1. The number of likely N-dealkylation sites (tertiary alicyclic amines) is 1. The van der Waals surface area contributed by atoms with E-state index in [4.69, 9.17) is 9.73 Å². The van der Waals surface area contributed by atoms with Gasteiger partial charge in [-0.15, -0.1) is 0 Å². The number of nitrogens with zero attached hydrogens (tertiary/aromatic N) is 3. The first-order valence-electron chi connectivity index (χ1n) is 10.9. The number of rotatable bonds is 9. The molecule has 3 rings (SSSR count). The molecule has 0 radical (unpaired) electrons. The predicted octanol–water partition coefficient (Wildman–Crippen LogP) is 0.965. The van der Waals surface area contributed by atoms with E-state index < -0.39 is 0 Å². The molecule has 2 fully saturated rings. The van der Waals surface area contributed by atoms with E-state index in [1.807, 2.05) is 23.1 Å². The van der Waals surface area contributed by atoms with Crippen molar-refractivity contribution in [3.05, 3.63) is 35.9 Å². The van der Waals surface area contributed by atoms with Gasteiger partial charge in [-0.05, 0) is 18.9 Å². The summed E-state index contributed by atoms with van der Waals surface area (Å²) in [6.07, 6.45) is 1.51. The SMILES string of the molecule is CCNC(=NCC1CC(=O)N(CCc2ccccc2)C1)NCCN1CCOCC1. The summed E-state index contributed by atoms with van der Waals surface area (Å²) in [5.41, 5.74) is 1.28. The van der Waals surface area contributed by atoms with Crippen LogP contribution in [-0.4, -0.2) is 87.2 Å². The van der Waals surface area contributed by atoms with Crippen molar-refractivity contribution >= 4 is 11.9 Å². The van der Waals surface area contributed by atoms with Crippen molar-refractivity contribution in [2.24, 2.45) is 10.9 Å². The zero-order chi connectivity index (χ0) is 20.3. The molecule has 29 heavy (non-hydrogen) atoms. The first kappa shape index (κ1) is 21.6. The first-order valence-corrected chi connectivity index (χ1v) is 10.9. The molecule has 160 valence electrons. The summed E-state index contributed by atoms with van der Waals surface area (Å²) in [5, 5.41) is 6.73. The van der Waals surface area contributed by atoms with Crippen LogP contribution in [0.2, 0.25) is 0 Å². The highest BCUT2D eigenvalue weighted by Crippen LogP contribution is 2.18. The molecule has 2 aliphatic heterocycles. The molecule has 0 aliphatic carbocycles. The van der Waals surface area contributed by atoms with Gasteiger partial charge in [0.05, 0.1) is 13.2 Å². The highest BCUT2D eigenvalue weighted by atomic mass is 16.5. The summed E-state index contributed by atoms with van der Waals surface area (Å²) in [7, 11) is 0. The van der Waals surface area contributed by atoms with Crippen LogP contribution in [0.25, 0.3) is 0 Å².